The van der Waals surface area contributed by atoms with Gasteiger partial charge in [-0.15, -0.1) is 0 Å². The van der Waals surface area contributed by atoms with Crippen LogP contribution in [0.25, 0.3) is 0 Å². The number of nitrogens with zero attached hydrogens (tertiary/aromatic N) is 3. The van der Waals surface area contributed by atoms with Crippen LogP contribution in [0.15, 0.2) is 42.5 Å². The van der Waals surface area contributed by atoms with Gasteiger partial charge in [0.1, 0.15) is 11.2 Å². The summed E-state index contributed by atoms with van der Waals surface area (Å²) in [5.74, 6) is -0.535. The average molecular weight is 485 g/mol. The lowest BCUT2D eigenvalue weighted by atomic mass is 9.74. The molecular formula is C25H29ClN4O4. The molecule has 2 fully saturated rings. The fraction of sp³-hybridized carbons (Fsp3) is 0.440. The Balaban J connectivity index is 1.57. The first-order valence-electron chi connectivity index (χ1n) is 11.4. The lowest BCUT2D eigenvalue weighted by Crippen LogP contribution is -2.58. The van der Waals surface area contributed by atoms with Gasteiger partial charge < -0.3 is 15.0 Å². The summed E-state index contributed by atoms with van der Waals surface area (Å²) in [6.07, 6.45) is 1.44. The molecule has 1 aromatic heterocycles. The van der Waals surface area contributed by atoms with E-state index in [4.69, 9.17) is 16.3 Å². The standard InChI is InChI=1S/C25H29ClN4O4/c1-17-6-5-9-21(27-17)22(31)29-12-10-19(11-13-29)25(16-18-7-3-4-8-20(18)26)23(32)30(14-15-34-2)24(33)28-25/h3-9,19H,10-16H2,1-2H3,(H,28,33)/t25-/m0/s1. The van der Waals surface area contributed by atoms with Crippen molar-refractivity contribution in [1.29, 1.82) is 0 Å². The molecular weight excluding hydrogens is 456 g/mol. The number of amides is 4. The first-order valence-corrected chi connectivity index (χ1v) is 11.8. The Kier molecular flexibility index (Phi) is 7.19. The molecule has 1 N–H and O–H groups in total. The van der Waals surface area contributed by atoms with Crippen molar-refractivity contribution in [2.75, 3.05) is 33.4 Å². The molecule has 1 atom stereocenters. The van der Waals surface area contributed by atoms with Crippen molar-refractivity contribution in [3.63, 3.8) is 0 Å². The van der Waals surface area contributed by atoms with Gasteiger partial charge in [0.2, 0.25) is 0 Å². The zero-order valence-electron chi connectivity index (χ0n) is 19.4. The summed E-state index contributed by atoms with van der Waals surface area (Å²) in [4.78, 5) is 46.9. The van der Waals surface area contributed by atoms with Crippen molar-refractivity contribution < 1.29 is 19.1 Å². The van der Waals surface area contributed by atoms with Gasteiger partial charge in [-0.1, -0.05) is 35.9 Å². The number of likely N-dealkylation sites (tertiary alicyclic amines) is 1. The highest BCUT2D eigenvalue weighted by molar-refractivity contribution is 6.31. The number of ether oxygens (including phenoxy) is 1. The summed E-state index contributed by atoms with van der Waals surface area (Å²) in [6, 6.07) is 12.3. The molecule has 0 unspecified atom stereocenters. The molecule has 0 saturated carbocycles. The van der Waals surface area contributed by atoms with E-state index in [0.717, 1.165) is 11.3 Å². The predicted molar refractivity (Wildman–Crippen MR) is 128 cm³/mol. The number of carbonyl (C=O) groups is 3. The summed E-state index contributed by atoms with van der Waals surface area (Å²) in [5.41, 5.74) is 0.885. The second-order valence-corrected chi connectivity index (χ2v) is 9.26. The van der Waals surface area contributed by atoms with Gasteiger partial charge in [-0.3, -0.25) is 14.5 Å². The van der Waals surface area contributed by atoms with Gasteiger partial charge in [-0.2, -0.15) is 0 Å². The van der Waals surface area contributed by atoms with Gasteiger partial charge in [-0.05, 0) is 49.4 Å². The van der Waals surface area contributed by atoms with Crippen LogP contribution in [0.2, 0.25) is 5.02 Å². The fourth-order valence-electron chi connectivity index (χ4n) is 4.91. The summed E-state index contributed by atoms with van der Waals surface area (Å²) >= 11 is 6.44. The van der Waals surface area contributed by atoms with E-state index < -0.39 is 11.6 Å². The van der Waals surface area contributed by atoms with Crippen LogP contribution in [0.1, 0.15) is 34.6 Å². The Labute approximate surface area is 204 Å². The molecule has 4 amide bonds. The number of piperidine rings is 1. The Morgan fingerprint density at radius 2 is 1.91 bits per heavy atom. The molecule has 9 heteroatoms. The number of benzene rings is 1. The number of aryl methyl sites for hydroxylation is 1. The van der Waals surface area contributed by atoms with E-state index in [-0.39, 0.29) is 30.9 Å². The molecule has 34 heavy (non-hydrogen) atoms. The van der Waals surface area contributed by atoms with Crippen LogP contribution in [0.3, 0.4) is 0 Å². The van der Waals surface area contributed by atoms with Crippen LogP contribution in [0.5, 0.6) is 0 Å². The third-order valence-corrected chi connectivity index (χ3v) is 7.10. The van der Waals surface area contributed by atoms with E-state index in [1.165, 1.54) is 12.0 Å². The maximum absolute atomic E-state index is 13.7. The van der Waals surface area contributed by atoms with Crippen molar-refractivity contribution >= 4 is 29.4 Å². The monoisotopic (exact) mass is 484 g/mol. The lowest BCUT2D eigenvalue weighted by Gasteiger charge is -2.41. The van der Waals surface area contributed by atoms with Crippen LogP contribution in [0.4, 0.5) is 4.79 Å². The van der Waals surface area contributed by atoms with Crippen molar-refractivity contribution in [2.45, 2.75) is 31.7 Å². The van der Waals surface area contributed by atoms with Crippen molar-refractivity contribution in [3.05, 3.63) is 64.4 Å². The molecule has 8 nitrogen and oxygen atoms in total. The second-order valence-electron chi connectivity index (χ2n) is 8.85. The summed E-state index contributed by atoms with van der Waals surface area (Å²) < 4.78 is 5.10. The second kappa shape index (κ2) is 10.1. The number of halogens is 1. The number of imide groups is 1. The number of aromatic nitrogens is 1. The van der Waals surface area contributed by atoms with Gasteiger partial charge in [0, 0.05) is 37.3 Å². The molecule has 2 aliphatic heterocycles. The highest BCUT2D eigenvalue weighted by atomic mass is 35.5. The van der Waals surface area contributed by atoms with Crippen LogP contribution >= 0.6 is 11.6 Å². The summed E-state index contributed by atoms with van der Waals surface area (Å²) in [7, 11) is 1.53. The summed E-state index contributed by atoms with van der Waals surface area (Å²) in [5, 5.41) is 3.57. The van der Waals surface area contributed by atoms with Gasteiger partial charge in [0.05, 0.1) is 13.2 Å². The van der Waals surface area contributed by atoms with Crippen molar-refractivity contribution in [1.82, 2.24) is 20.1 Å². The molecule has 4 rings (SSSR count). The van der Waals surface area contributed by atoms with E-state index in [1.807, 2.05) is 37.3 Å². The van der Waals surface area contributed by atoms with Crippen LogP contribution in [-0.2, 0) is 16.0 Å². The molecule has 1 aromatic carbocycles. The number of urea groups is 1. The predicted octanol–water partition coefficient (Wildman–Crippen LogP) is 3.08. The number of carbonyl (C=O) groups excluding carboxylic acids is 3. The fourth-order valence-corrected chi connectivity index (χ4v) is 5.12. The Morgan fingerprint density at radius 3 is 2.59 bits per heavy atom. The minimum Gasteiger partial charge on any atom is -0.383 e. The number of hydrogen-bond donors (Lipinski definition) is 1. The van der Waals surface area contributed by atoms with Gasteiger partial charge >= 0.3 is 6.03 Å². The van der Waals surface area contributed by atoms with E-state index in [1.54, 1.807) is 17.0 Å². The molecule has 0 bridgehead atoms. The molecule has 180 valence electrons. The first-order chi connectivity index (χ1) is 16.4. The quantitative estimate of drug-likeness (QED) is 0.610. The molecule has 0 radical (unpaired) electrons. The third kappa shape index (κ3) is 4.65. The number of nitrogens with one attached hydrogen (secondary N) is 1. The number of hydrogen-bond acceptors (Lipinski definition) is 5. The van der Waals surface area contributed by atoms with Gasteiger partial charge in [-0.25, -0.2) is 9.78 Å². The van der Waals surface area contributed by atoms with E-state index in [0.29, 0.717) is 43.1 Å². The highest BCUT2D eigenvalue weighted by Crippen LogP contribution is 2.38. The van der Waals surface area contributed by atoms with Crippen LogP contribution in [0, 0.1) is 12.8 Å². The summed E-state index contributed by atoms with van der Waals surface area (Å²) in [6.45, 7) is 3.25. The number of pyridine rings is 1. The average Bonchev–Trinajstić information content (AvgIpc) is 3.08. The third-order valence-electron chi connectivity index (χ3n) is 6.73. The largest absolute Gasteiger partial charge is 0.383 e. The zero-order valence-corrected chi connectivity index (χ0v) is 20.2. The van der Waals surface area contributed by atoms with Crippen molar-refractivity contribution in [3.8, 4) is 0 Å². The molecule has 2 aromatic rings. The van der Waals surface area contributed by atoms with E-state index >= 15 is 0 Å². The highest BCUT2D eigenvalue weighted by Gasteiger charge is 2.56. The Morgan fingerprint density at radius 1 is 1.18 bits per heavy atom. The van der Waals surface area contributed by atoms with E-state index in [9.17, 15) is 14.4 Å². The SMILES string of the molecule is COCCN1C(=O)N[C@@](Cc2ccccc2Cl)(C2CCN(C(=O)c3cccc(C)n3)CC2)C1=O. The minimum atomic E-state index is -1.12. The molecule has 2 saturated heterocycles. The van der Waals surface area contributed by atoms with Gasteiger partial charge in [0.15, 0.2) is 0 Å². The van der Waals surface area contributed by atoms with Crippen molar-refractivity contribution in [2.24, 2.45) is 5.92 Å². The smallest absolute Gasteiger partial charge is 0.325 e. The molecule has 2 aliphatic rings. The molecule has 0 aliphatic carbocycles. The first kappa shape index (κ1) is 24.2. The minimum absolute atomic E-state index is 0.120. The van der Waals surface area contributed by atoms with Crippen LogP contribution < -0.4 is 5.32 Å². The Hall–Kier alpha value is -2.97. The number of methoxy groups -OCH3 is 1. The van der Waals surface area contributed by atoms with Crippen LogP contribution in [-0.4, -0.2) is 71.5 Å². The maximum atomic E-state index is 13.7. The maximum Gasteiger partial charge on any atom is 0.325 e. The lowest BCUT2D eigenvalue weighted by molar-refractivity contribution is -0.134. The normalized spacial score (nSPS) is 21.1. The number of rotatable bonds is 7. The van der Waals surface area contributed by atoms with E-state index in [2.05, 4.69) is 10.3 Å². The molecule has 3 heterocycles. The molecule has 0 spiro atoms. The topological polar surface area (TPSA) is 91.8 Å². The van der Waals surface area contributed by atoms with Gasteiger partial charge in [0.25, 0.3) is 11.8 Å². The Bertz CT molecular complexity index is 1090. The zero-order chi connectivity index (χ0) is 24.3.